The lowest BCUT2D eigenvalue weighted by Gasteiger charge is -2.45. The zero-order chi connectivity index (χ0) is 35.2. The fourth-order valence-electron chi connectivity index (χ4n) is 7.70. The van der Waals surface area contributed by atoms with Crippen LogP contribution in [0.2, 0.25) is 0 Å². The molecule has 2 aliphatic rings. The van der Waals surface area contributed by atoms with Crippen molar-refractivity contribution in [3.63, 3.8) is 0 Å². The van der Waals surface area contributed by atoms with Crippen LogP contribution in [-0.4, -0.2) is 37.0 Å². The zero-order valence-electron chi connectivity index (χ0n) is 28.8. The first-order valence-electron chi connectivity index (χ1n) is 17.6. The third kappa shape index (κ3) is 7.08. The number of rotatable bonds is 11. The van der Waals surface area contributed by atoms with Crippen molar-refractivity contribution in [1.82, 2.24) is 5.32 Å². The first-order chi connectivity index (χ1) is 25.0. The molecule has 1 aliphatic carbocycles. The van der Waals surface area contributed by atoms with Gasteiger partial charge in [0.25, 0.3) is 0 Å². The van der Waals surface area contributed by atoms with Gasteiger partial charge in [-0.15, -0.1) is 0 Å². The molecule has 5 aromatic carbocycles. The summed E-state index contributed by atoms with van der Waals surface area (Å²) in [5.74, 6) is -0.532. The lowest BCUT2D eigenvalue weighted by atomic mass is 9.65. The molecule has 7 heteroatoms. The highest BCUT2D eigenvalue weighted by atomic mass is 16.5. The molecule has 0 unspecified atom stereocenters. The normalized spacial score (nSPS) is 19.5. The number of nitrogens with zero attached hydrogens (tertiary/aromatic N) is 1. The molecule has 1 N–H and O–H groups in total. The largest absolute Gasteiger partial charge is 0.465 e. The summed E-state index contributed by atoms with van der Waals surface area (Å²) in [5.41, 5.74) is 6.11. The molecule has 1 saturated carbocycles. The van der Waals surface area contributed by atoms with E-state index in [-0.39, 0.29) is 11.8 Å². The number of esters is 1. The second kappa shape index (κ2) is 15.2. The van der Waals surface area contributed by atoms with Gasteiger partial charge in [0.05, 0.1) is 43.4 Å². The minimum absolute atomic E-state index is 0.0269. The van der Waals surface area contributed by atoms with E-state index in [1.807, 2.05) is 120 Å². The number of fused-ring (bicyclic) bond motifs is 2. The van der Waals surface area contributed by atoms with E-state index in [0.717, 1.165) is 45.5 Å². The first-order valence-corrected chi connectivity index (χ1v) is 17.6. The second-order valence-electron chi connectivity index (χ2n) is 13.4. The van der Waals surface area contributed by atoms with Gasteiger partial charge < -0.3 is 19.7 Å². The maximum Gasteiger partial charge on any atom is 0.337 e. The van der Waals surface area contributed by atoms with E-state index >= 15 is 4.79 Å². The number of ether oxygens (including phenoxy) is 2. The molecule has 5 aromatic rings. The van der Waals surface area contributed by atoms with Gasteiger partial charge in [0.1, 0.15) is 0 Å². The molecule has 0 aromatic heterocycles. The monoisotopic (exact) mass is 678 g/mol. The minimum atomic E-state index is -1.05. The number of benzene rings is 5. The van der Waals surface area contributed by atoms with Crippen molar-refractivity contribution >= 4 is 23.5 Å². The summed E-state index contributed by atoms with van der Waals surface area (Å²) in [4.78, 5) is 43.1. The van der Waals surface area contributed by atoms with Crippen molar-refractivity contribution < 1.29 is 23.9 Å². The van der Waals surface area contributed by atoms with Crippen LogP contribution in [0.1, 0.15) is 58.3 Å². The predicted molar refractivity (Wildman–Crippen MR) is 198 cm³/mol. The van der Waals surface area contributed by atoms with Crippen molar-refractivity contribution in [2.75, 3.05) is 12.0 Å². The van der Waals surface area contributed by atoms with Crippen molar-refractivity contribution in [3.8, 4) is 11.1 Å². The molecule has 7 rings (SSSR count). The Bertz CT molecular complexity index is 1980. The minimum Gasteiger partial charge on any atom is -0.465 e. The summed E-state index contributed by atoms with van der Waals surface area (Å²) in [7, 11) is 1.37. The van der Waals surface area contributed by atoms with Gasteiger partial charge >= 0.3 is 5.97 Å². The summed E-state index contributed by atoms with van der Waals surface area (Å²) >= 11 is 0. The Balaban J connectivity index is 1.30. The Kier molecular flexibility index (Phi) is 10.1. The lowest BCUT2D eigenvalue weighted by molar-refractivity contribution is -0.133. The molecular formula is C44H42N2O5. The first kappa shape index (κ1) is 33.9. The maximum atomic E-state index is 15.2. The smallest absolute Gasteiger partial charge is 0.337 e. The number of hydrogen-bond donors (Lipinski definition) is 1. The zero-order valence-corrected chi connectivity index (χ0v) is 28.8. The van der Waals surface area contributed by atoms with Gasteiger partial charge in [-0.05, 0) is 83.3 Å². The number of methoxy groups -OCH3 is 1. The standard InChI is InChI=1S/C44H42N2O5/c1-50-42(48)35-22-20-34(21-23-35)36-24-25-38-37(28-36)44(43(49)46(38)29-32-14-7-3-8-15-32)27-11-18-39(51-30-33-16-9-4-10-17-33)41(44)45-40(47)26-19-31-12-5-2-6-13-31/h2-10,12-17,20-25,28,39,41H,11,18-19,26-27,29-30H2,1H3,(H,45,47)/t39-,41+,44+/m1/s1. The van der Waals surface area contributed by atoms with Crippen molar-refractivity contribution in [3.05, 3.63) is 161 Å². The van der Waals surface area contributed by atoms with E-state index < -0.39 is 23.5 Å². The number of hydrogen-bond acceptors (Lipinski definition) is 5. The predicted octanol–water partition coefficient (Wildman–Crippen LogP) is 7.81. The van der Waals surface area contributed by atoms with E-state index in [1.54, 1.807) is 12.1 Å². The molecule has 2 amide bonds. The molecule has 0 saturated heterocycles. The maximum absolute atomic E-state index is 15.2. The van der Waals surface area contributed by atoms with Crippen LogP contribution in [0.4, 0.5) is 5.69 Å². The third-order valence-corrected chi connectivity index (χ3v) is 10.3. The average molecular weight is 679 g/mol. The van der Waals surface area contributed by atoms with Crippen LogP contribution in [-0.2, 0) is 44.1 Å². The van der Waals surface area contributed by atoms with Crippen LogP contribution in [0.3, 0.4) is 0 Å². The fourth-order valence-corrected chi connectivity index (χ4v) is 7.70. The van der Waals surface area contributed by atoms with Crippen molar-refractivity contribution in [1.29, 1.82) is 0 Å². The van der Waals surface area contributed by atoms with Crippen LogP contribution < -0.4 is 10.2 Å². The topological polar surface area (TPSA) is 84.9 Å². The van der Waals surface area contributed by atoms with Crippen LogP contribution >= 0.6 is 0 Å². The second-order valence-corrected chi connectivity index (χ2v) is 13.4. The molecule has 1 spiro atoms. The Morgan fingerprint density at radius 3 is 2.08 bits per heavy atom. The number of nitrogens with one attached hydrogen (secondary N) is 1. The fraction of sp³-hybridized carbons (Fsp3) is 0.250. The van der Waals surface area contributed by atoms with E-state index in [4.69, 9.17) is 9.47 Å². The van der Waals surface area contributed by atoms with E-state index in [2.05, 4.69) is 11.4 Å². The van der Waals surface area contributed by atoms with E-state index in [0.29, 0.717) is 44.4 Å². The highest BCUT2D eigenvalue weighted by Crippen LogP contribution is 2.52. The average Bonchev–Trinajstić information content (AvgIpc) is 3.40. The molecular weight excluding hydrogens is 636 g/mol. The molecule has 1 heterocycles. The molecule has 1 aliphatic heterocycles. The van der Waals surface area contributed by atoms with Gasteiger partial charge in [0.15, 0.2) is 0 Å². The Morgan fingerprint density at radius 2 is 1.41 bits per heavy atom. The van der Waals surface area contributed by atoms with Gasteiger partial charge in [-0.25, -0.2) is 4.79 Å². The van der Waals surface area contributed by atoms with E-state index in [1.165, 1.54) is 7.11 Å². The van der Waals surface area contributed by atoms with Crippen LogP contribution in [0, 0.1) is 0 Å². The number of amides is 2. The SMILES string of the molecule is COC(=O)c1ccc(-c2ccc3c(c2)[C@]2(CCC[C@@H](OCc4ccccc4)[C@@H]2NC(=O)CCc2ccccc2)C(=O)N3Cc2ccccc2)cc1. The highest BCUT2D eigenvalue weighted by molar-refractivity contribution is 6.09. The molecule has 0 radical (unpaired) electrons. The summed E-state index contributed by atoms with van der Waals surface area (Å²) in [6.07, 6.45) is 2.55. The third-order valence-electron chi connectivity index (χ3n) is 10.3. The Labute approximate surface area is 299 Å². The van der Waals surface area contributed by atoms with Crippen LogP contribution in [0.25, 0.3) is 11.1 Å². The van der Waals surface area contributed by atoms with Gasteiger partial charge in [-0.3, -0.25) is 9.59 Å². The van der Waals surface area contributed by atoms with Gasteiger partial charge in [-0.1, -0.05) is 109 Å². The molecule has 0 bridgehead atoms. The van der Waals surface area contributed by atoms with Crippen LogP contribution in [0.5, 0.6) is 0 Å². The van der Waals surface area contributed by atoms with Crippen LogP contribution in [0.15, 0.2) is 133 Å². The van der Waals surface area contributed by atoms with Gasteiger partial charge in [0.2, 0.25) is 11.8 Å². The number of carbonyl (C=O) groups is 3. The summed E-state index contributed by atoms with van der Waals surface area (Å²) in [6.45, 7) is 0.783. The molecule has 51 heavy (non-hydrogen) atoms. The van der Waals surface area contributed by atoms with E-state index in [9.17, 15) is 9.59 Å². The quantitative estimate of drug-likeness (QED) is 0.144. The summed E-state index contributed by atoms with van der Waals surface area (Å²) < 4.78 is 11.6. The molecule has 7 nitrogen and oxygen atoms in total. The summed E-state index contributed by atoms with van der Waals surface area (Å²) in [5, 5.41) is 3.39. The highest BCUT2D eigenvalue weighted by Gasteiger charge is 2.59. The summed E-state index contributed by atoms with van der Waals surface area (Å²) in [6, 6.07) is 42.8. The lowest BCUT2D eigenvalue weighted by Crippen LogP contribution is -2.63. The Hall–Kier alpha value is -5.53. The Morgan fingerprint density at radius 1 is 0.784 bits per heavy atom. The number of aryl methyl sites for hydroxylation is 1. The molecule has 258 valence electrons. The van der Waals surface area contributed by atoms with Crippen molar-refractivity contribution in [2.45, 2.75) is 62.8 Å². The van der Waals surface area contributed by atoms with Crippen molar-refractivity contribution in [2.24, 2.45) is 0 Å². The number of carbonyl (C=O) groups excluding carboxylic acids is 3. The molecule has 3 atom stereocenters. The van der Waals surface area contributed by atoms with Gasteiger partial charge in [0, 0.05) is 12.1 Å². The molecule has 1 fully saturated rings. The van der Waals surface area contributed by atoms with Gasteiger partial charge in [-0.2, -0.15) is 0 Å². The number of anilines is 1.